The molecule has 0 saturated carbocycles. The molecule has 1 aromatic rings. The molecule has 0 radical (unpaired) electrons. The molecule has 1 N–H and O–H groups in total. The normalized spacial score (nSPS) is 25.3. The summed E-state index contributed by atoms with van der Waals surface area (Å²) < 4.78 is 85.0. The fraction of sp³-hybridized carbons (Fsp3) is 0.750. The molecule has 4 nitrogen and oxygen atoms in total. The van der Waals surface area contributed by atoms with Crippen molar-refractivity contribution in [1.29, 1.82) is 0 Å². The summed E-state index contributed by atoms with van der Waals surface area (Å²) >= 11 is 0. The maximum atomic E-state index is 13.8. The summed E-state index contributed by atoms with van der Waals surface area (Å²) in [6.45, 7) is 1.38. The Morgan fingerprint density at radius 2 is 2.00 bits per heavy atom. The van der Waals surface area contributed by atoms with Crippen LogP contribution in [0.3, 0.4) is 0 Å². The monoisotopic (exact) mass is 332 g/mol. The second-order valence-electron chi connectivity index (χ2n) is 5.14. The number of rotatable bonds is 4. The van der Waals surface area contributed by atoms with Gasteiger partial charge in [-0.2, -0.15) is 27.1 Å². The smallest absolute Gasteiger partial charge is 0.382 e. The first kappa shape index (κ1) is 17.1. The zero-order valence-corrected chi connectivity index (χ0v) is 11.7. The number of methoxy groups -OCH3 is 1. The van der Waals surface area contributed by atoms with E-state index in [-0.39, 0.29) is 19.1 Å². The van der Waals surface area contributed by atoms with E-state index in [2.05, 4.69) is 5.10 Å². The fourth-order valence-electron chi connectivity index (χ4n) is 2.34. The maximum Gasteiger partial charge on any atom is 0.435 e. The quantitative estimate of drug-likeness (QED) is 0.862. The zero-order chi connectivity index (χ0) is 16.9. The van der Waals surface area contributed by atoms with E-state index in [1.165, 1.54) is 7.11 Å². The highest BCUT2D eigenvalue weighted by atomic mass is 19.4. The van der Waals surface area contributed by atoms with Crippen molar-refractivity contribution in [2.45, 2.75) is 50.4 Å². The Kier molecular flexibility index (Phi) is 4.20. The highest BCUT2D eigenvalue weighted by Gasteiger charge is 2.61. The Morgan fingerprint density at radius 3 is 2.50 bits per heavy atom. The molecule has 0 spiro atoms. The van der Waals surface area contributed by atoms with Gasteiger partial charge in [-0.05, 0) is 13.3 Å². The standard InChI is InChI=1S/C12H14F6N2O2/c1-5(22-2)3-4-20-7-6(9(19-20)12(16,17)18)10(21)11(14,15)8(7)13/h5,8,10,21H,3-4H2,1-2H3/t5-,8+,10-/m0/s1. The molecule has 0 aromatic carbocycles. The van der Waals surface area contributed by atoms with Crippen LogP contribution in [0.5, 0.6) is 0 Å². The van der Waals surface area contributed by atoms with Gasteiger partial charge < -0.3 is 9.84 Å². The number of hydrogen-bond donors (Lipinski definition) is 1. The third-order valence-electron chi connectivity index (χ3n) is 3.66. The van der Waals surface area contributed by atoms with E-state index in [0.29, 0.717) is 4.68 Å². The van der Waals surface area contributed by atoms with Gasteiger partial charge >= 0.3 is 12.1 Å². The Morgan fingerprint density at radius 1 is 1.41 bits per heavy atom. The number of ether oxygens (including phenoxy) is 1. The molecule has 1 aromatic heterocycles. The van der Waals surface area contributed by atoms with Gasteiger partial charge in [0.05, 0.1) is 11.8 Å². The van der Waals surface area contributed by atoms with Crippen molar-refractivity contribution in [3.8, 4) is 0 Å². The zero-order valence-electron chi connectivity index (χ0n) is 11.7. The topological polar surface area (TPSA) is 47.3 Å². The minimum absolute atomic E-state index is 0.149. The first-order valence-electron chi connectivity index (χ1n) is 6.42. The average molecular weight is 332 g/mol. The van der Waals surface area contributed by atoms with Crippen molar-refractivity contribution in [2.75, 3.05) is 7.11 Å². The van der Waals surface area contributed by atoms with Crippen LogP contribution in [0.25, 0.3) is 0 Å². The largest absolute Gasteiger partial charge is 0.435 e. The van der Waals surface area contributed by atoms with Gasteiger partial charge in [0, 0.05) is 19.2 Å². The number of aromatic nitrogens is 2. The molecule has 0 saturated heterocycles. The minimum atomic E-state index is -5.07. The van der Waals surface area contributed by atoms with Crippen LogP contribution in [0.4, 0.5) is 26.3 Å². The summed E-state index contributed by atoms with van der Waals surface area (Å²) in [5, 5.41) is 12.6. The second-order valence-corrected chi connectivity index (χ2v) is 5.14. The van der Waals surface area contributed by atoms with Crippen LogP contribution < -0.4 is 0 Å². The highest BCUT2D eigenvalue weighted by Crippen LogP contribution is 2.55. The summed E-state index contributed by atoms with van der Waals surface area (Å²) in [7, 11) is 1.37. The number of aliphatic hydroxyl groups excluding tert-OH is 1. The maximum absolute atomic E-state index is 13.8. The van der Waals surface area contributed by atoms with Crippen molar-refractivity contribution >= 4 is 0 Å². The molecule has 2 rings (SSSR count). The molecule has 0 bridgehead atoms. The van der Waals surface area contributed by atoms with Gasteiger partial charge in [0.15, 0.2) is 5.69 Å². The molecule has 0 amide bonds. The summed E-state index contributed by atoms with van der Waals surface area (Å²) in [4.78, 5) is 0. The van der Waals surface area contributed by atoms with E-state index in [4.69, 9.17) is 4.74 Å². The molecule has 1 heterocycles. The Labute approximate surface area is 121 Å². The lowest BCUT2D eigenvalue weighted by molar-refractivity contribution is -0.156. The van der Waals surface area contributed by atoms with Crippen molar-refractivity contribution in [1.82, 2.24) is 9.78 Å². The Balaban J connectivity index is 2.48. The number of fused-ring (bicyclic) bond motifs is 1. The van der Waals surface area contributed by atoms with Gasteiger partial charge in [0.1, 0.15) is 6.10 Å². The van der Waals surface area contributed by atoms with Crippen LogP contribution >= 0.6 is 0 Å². The predicted octanol–water partition coefficient (Wildman–Crippen LogP) is 3.02. The predicted molar refractivity (Wildman–Crippen MR) is 62.1 cm³/mol. The third kappa shape index (κ3) is 2.58. The first-order valence-corrected chi connectivity index (χ1v) is 6.42. The van der Waals surface area contributed by atoms with E-state index in [0.717, 1.165) is 0 Å². The van der Waals surface area contributed by atoms with Crippen molar-refractivity contribution in [3.05, 3.63) is 17.0 Å². The van der Waals surface area contributed by atoms with Crippen LogP contribution in [0.2, 0.25) is 0 Å². The number of aryl methyl sites for hydroxylation is 1. The molecule has 1 aliphatic carbocycles. The molecule has 0 unspecified atom stereocenters. The van der Waals surface area contributed by atoms with E-state index in [1.54, 1.807) is 6.92 Å². The molecule has 10 heteroatoms. The highest BCUT2D eigenvalue weighted by molar-refractivity contribution is 5.40. The van der Waals surface area contributed by atoms with Gasteiger partial charge in [0.25, 0.3) is 0 Å². The fourth-order valence-corrected chi connectivity index (χ4v) is 2.34. The Hall–Kier alpha value is -1.29. The van der Waals surface area contributed by atoms with Crippen LogP contribution in [0, 0.1) is 0 Å². The lowest BCUT2D eigenvalue weighted by Gasteiger charge is -2.18. The van der Waals surface area contributed by atoms with Gasteiger partial charge in [-0.25, -0.2) is 4.39 Å². The number of hydrogen-bond acceptors (Lipinski definition) is 3. The first-order chi connectivity index (χ1) is 10.0. The van der Waals surface area contributed by atoms with Crippen LogP contribution in [-0.2, 0) is 17.5 Å². The Bertz CT molecular complexity index is 557. The van der Waals surface area contributed by atoms with E-state index in [9.17, 15) is 31.4 Å². The molecule has 3 atom stereocenters. The summed E-state index contributed by atoms with van der Waals surface area (Å²) in [6, 6.07) is 0. The molecule has 0 fully saturated rings. The lowest BCUT2D eigenvalue weighted by Crippen LogP contribution is -2.27. The summed E-state index contributed by atoms with van der Waals surface area (Å²) in [5.41, 5.74) is -3.79. The number of halogens is 6. The molecular formula is C12H14F6N2O2. The third-order valence-corrected chi connectivity index (χ3v) is 3.66. The average Bonchev–Trinajstić information content (AvgIpc) is 2.88. The lowest BCUT2D eigenvalue weighted by atomic mass is 10.1. The number of alkyl halides is 6. The van der Waals surface area contributed by atoms with Gasteiger partial charge in [0.2, 0.25) is 6.17 Å². The molecule has 1 aliphatic rings. The molecular weight excluding hydrogens is 318 g/mol. The molecule has 0 aliphatic heterocycles. The van der Waals surface area contributed by atoms with Crippen molar-refractivity contribution in [2.24, 2.45) is 0 Å². The molecule has 22 heavy (non-hydrogen) atoms. The van der Waals surface area contributed by atoms with Gasteiger partial charge in [-0.15, -0.1) is 0 Å². The summed E-state index contributed by atoms with van der Waals surface area (Å²) in [5.74, 6) is -4.32. The van der Waals surface area contributed by atoms with Crippen LogP contribution in [0.15, 0.2) is 0 Å². The van der Waals surface area contributed by atoms with Gasteiger partial charge in [-0.1, -0.05) is 0 Å². The second kappa shape index (κ2) is 5.41. The van der Waals surface area contributed by atoms with Crippen LogP contribution in [-0.4, -0.2) is 34.0 Å². The summed E-state index contributed by atoms with van der Waals surface area (Å²) in [6.07, 6.45) is -11.2. The van der Waals surface area contributed by atoms with Gasteiger partial charge in [-0.3, -0.25) is 4.68 Å². The van der Waals surface area contributed by atoms with Crippen LogP contribution in [0.1, 0.15) is 42.6 Å². The minimum Gasteiger partial charge on any atom is -0.382 e. The SMILES string of the molecule is CO[C@@H](C)CCn1nc(C(F)(F)F)c2c1[C@@H](F)C(F)(F)[C@H]2O. The van der Waals surface area contributed by atoms with Crippen molar-refractivity contribution < 1.29 is 36.2 Å². The molecule has 126 valence electrons. The van der Waals surface area contributed by atoms with Crippen molar-refractivity contribution in [3.63, 3.8) is 0 Å². The number of nitrogens with zero attached hydrogens (tertiary/aromatic N) is 2. The number of aliphatic hydroxyl groups is 1. The van der Waals surface area contributed by atoms with E-state index < -0.39 is 41.3 Å². The van der Waals surface area contributed by atoms with E-state index >= 15 is 0 Å². The van der Waals surface area contributed by atoms with E-state index in [1.807, 2.05) is 0 Å².